The third-order valence-corrected chi connectivity index (χ3v) is 5.67. The first-order valence-electron chi connectivity index (χ1n) is 7.78. The van der Waals surface area contributed by atoms with Gasteiger partial charge in [0, 0.05) is 30.3 Å². The first kappa shape index (κ1) is 12.9. The lowest BCUT2D eigenvalue weighted by atomic mass is 9.85. The first-order valence-corrected chi connectivity index (χ1v) is 7.78. The second kappa shape index (κ2) is 4.77. The number of ether oxygens (including phenoxy) is 1. The van der Waals surface area contributed by atoms with Crippen LogP contribution in [0.25, 0.3) is 0 Å². The van der Waals surface area contributed by atoms with Gasteiger partial charge in [0.2, 0.25) is 0 Å². The van der Waals surface area contributed by atoms with E-state index in [1.54, 1.807) is 0 Å². The van der Waals surface area contributed by atoms with Crippen LogP contribution in [0.3, 0.4) is 0 Å². The van der Waals surface area contributed by atoms with E-state index in [-0.39, 0.29) is 0 Å². The largest absolute Gasteiger partial charge is 0.377 e. The SMILES string of the molecule is CCNC1CC2CCC(C1)N2C1(C)CCOC1C. The molecular weight excluding hydrogens is 224 g/mol. The summed E-state index contributed by atoms with van der Waals surface area (Å²) in [6.07, 6.45) is 7.09. The van der Waals surface area contributed by atoms with E-state index < -0.39 is 0 Å². The Hall–Kier alpha value is -0.120. The number of hydrogen-bond donors (Lipinski definition) is 1. The van der Waals surface area contributed by atoms with Crippen molar-refractivity contribution in [2.45, 2.75) is 82.6 Å². The van der Waals surface area contributed by atoms with Crippen LogP contribution in [0.4, 0.5) is 0 Å². The van der Waals surface area contributed by atoms with Gasteiger partial charge in [0.1, 0.15) is 0 Å². The van der Waals surface area contributed by atoms with Gasteiger partial charge in [0.15, 0.2) is 0 Å². The molecule has 3 fully saturated rings. The fourth-order valence-electron chi connectivity index (χ4n) is 4.63. The van der Waals surface area contributed by atoms with Crippen LogP contribution in [0.5, 0.6) is 0 Å². The summed E-state index contributed by atoms with van der Waals surface area (Å²) in [7, 11) is 0. The van der Waals surface area contributed by atoms with Crippen LogP contribution in [-0.2, 0) is 4.74 Å². The molecule has 0 aromatic rings. The van der Waals surface area contributed by atoms with Crippen molar-refractivity contribution in [2.24, 2.45) is 0 Å². The van der Waals surface area contributed by atoms with E-state index in [1.807, 2.05) is 0 Å². The molecule has 2 bridgehead atoms. The molecule has 1 N–H and O–H groups in total. The summed E-state index contributed by atoms with van der Waals surface area (Å²) in [6.45, 7) is 8.99. The maximum atomic E-state index is 5.86. The second-order valence-electron chi connectivity index (χ2n) is 6.64. The predicted molar refractivity (Wildman–Crippen MR) is 73.8 cm³/mol. The Kier molecular flexibility index (Phi) is 3.41. The highest BCUT2D eigenvalue weighted by Crippen LogP contribution is 2.45. The molecule has 0 amide bonds. The van der Waals surface area contributed by atoms with E-state index >= 15 is 0 Å². The molecule has 0 aromatic heterocycles. The molecule has 0 spiro atoms. The topological polar surface area (TPSA) is 24.5 Å². The van der Waals surface area contributed by atoms with E-state index in [9.17, 15) is 0 Å². The van der Waals surface area contributed by atoms with E-state index in [4.69, 9.17) is 4.74 Å². The van der Waals surface area contributed by atoms with Crippen molar-refractivity contribution in [3.63, 3.8) is 0 Å². The van der Waals surface area contributed by atoms with Crippen molar-refractivity contribution >= 4 is 0 Å². The third kappa shape index (κ3) is 1.91. The number of hydrogen-bond acceptors (Lipinski definition) is 3. The molecule has 3 rings (SSSR count). The van der Waals surface area contributed by atoms with Crippen LogP contribution >= 0.6 is 0 Å². The van der Waals surface area contributed by atoms with E-state index in [1.165, 1.54) is 32.1 Å². The lowest BCUT2D eigenvalue weighted by molar-refractivity contribution is -0.0314. The van der Waals surface area contributed by atoms with Gasteiger partial charge in [0.05, 0.1) is 6.10 Å². The predicted octanol–water partition coefficient (Wildman–Crippen LogP) is 2.16. The van der Waals surface area contributed by atoms with E-state index in [0.29, 0.717) is 11.6 Å². The Morgan fingerprint density at radius 3 is 2.44 bits per heavy atom. The maximum absolute atomic E-state index is 5.86. The fraction of sp³-hybridized carbons (Fsp3) is 1.00. The van der Waals surface area contributed by atoms with E-state index in [0.717, 1.165) is 31.3 Å². The molecule has 3 nitrogen and oxygen atoms in total. The Morgan fingerprint density at radius 2 is 1.94 bits per heavy atom. The van der Waals surface area contributed by atoms with Gasteiger partial charge in [-0.1, -0.05) is 6.92 Å². The maximum Gasteiger partial charge on any atom is 0.0729 e. The lowest BCUT2D eigenvalue weighted by Gasteiger charge is -2.49. The number of piperidine rings is 1. The van der Waals surface area contributed by atoms with Gasteiger partial charge in [-0.05, 0) is 52.5 Å². The minimum atomic E-state index is 0.295. The average molecular weight is 252 g/mol. The molecule has 3 aliphatic rings. The molecule has 3 heteroatoms. The Morgan fingerprint density at radius 1 is 1.28 bits per heavy atom. The molecule has 0 aromatic carbocycles. The van der Waals surface area contributed by atoms with Crippen molar-refractivity contribution in [3.05, 3.63) is 0 Å². The molecular formula is C15H28N2O. The molecule has 3 saturated heterocycles. The van der Waals surface area contributed by atoms with Gasteiger partial charge >= 0.3 is 0 Å². The summed E-state index contributed by atoms with van der Waals surface area (Å²) in [6, 6.07) is 2.34. The summed E-state index contributed by atoms with van der Waals surface area (Å²) < 4.78 is 5.86. The van der Waals surface area contributed by atoms with Crippen LogP contribution in [0.1, 0.15) is 52.9 Å². The average Bonchev–Trinajstić information content (AvgIpc) is 2.80. The van der Waals surface area contributed by atoms with E-state index in [2.05, 4.69) is 31.0 Å². The molecule has 3 aliphatic heterocycles. The Labute approximate surface area is 111 Å². The molecule has 4 atom stereocenters. The molecule has 4 unspecified atom stereocenters. The van der Waals surface area contributed by atoms with Gasteiger partial charge < -0.3 is 10.1 Å². The summed E-state index contributed by atoms with van der Waals surface area (Å²) in [5.41, 5.74) is 0.295. The number of nitrogens with zero attached hydrogens (tertiary/aromatic N) is 1. The molecule has 3 heterocycles. The Bertz CT molecular complexity index is 295. The molecule has 0 radical (unpaired) electrons. The summed E-state index contributed by atoms with van der Waals surface area (Å²) in [4.78, 5) is 2.85. The van der Waals surface area contributed by atoms with Crippen molar-refractivity contribution in [1.29, 1.82) is 0 Å². The van der Waals surface area contributed by atoms with Crippen LogP contribution in [0.15, 0.2) is 0 Å². The van der Waals surface area contributed by atoms with Crippen molar-refractivity contribution in [3.8, 4) is 0 Å². The van der Waals surface area contributed by atoms with Gasteiger partial charge in [-0.25, -0.2) is 0 Å². The van der Waals surface area contributed by atoms with Crippen LogP contribution in [0.2, 0.25) is 0 Å². The van der Waals surface area contributed by atoms with Gasteiger partial charge in [-0.15, -0.1) is 0 Å². The highest BCUT2D eigenvalue weighted by Gasteiger charge is 2.52. The van der Waals surface area contributed by atoms with Crippen molar-refractivity contribution in [1.82, 2.24) is 10.2 Å². The second-order valence-corrected chi connectivity index (χ2v) is 6.64. The minimum absolute atomic E-state index is 0.295. The normalized spacial score (nSPS) is 48.8. The summed E-state index contributed by atoms with van der Waals surface area (Å²) in [5.74, 6) is 0. The summed E-state index contributed by atoms with van der Waals surface area (Å²) in [5, 5.41) is 3.66. The zero-order valence-corrected chi connectivity index (χ0v) is 12.1. The number of fused-ring (bicyclic) bond motifs is 2. The number of rotatable bonds is 3. The zero-order chi connectivity index (χ0) is 12.8. The van der Waals surface area contributed by atoms with Gasteiger partial charge in [-0.3, -0.25) is 4.90 Å². The van der Waals surface area contributed by atoms with Crippen LogP contribution < -0.4 is 5.32 Å². The monoisotopic (exact) mass is 252 g/mol. The number of nitrogens with one attached hydrogen (secondary N) is 1. The van der Waals surface area contributed by atoms with Gasteiger partial charge in [-0.2, -0.15) is 0 Å². The highest BCUT2D eigenvalue weighted by atomic mass is 16.5. The first-order chi connectivity index (χ1) is 8.65. The summed E-state index contributed by atoms with van der Waals surface area (Å²) >= 11 is 0. The Balaban J connectivity index is 1.75. The molecule has 18 heavy (non-hydrogen) atoms. The minimum Gasteiger partial charge on any atom is -0.377 e. The van der Waals surface area contributed by atoms with Crippen LogP contribution in [-0.4, -0.2) is 47.8 Å². The quantitative estimate of drug-likeness (QED) is 0.833. The standard InChI is InChI=1S/C15H28N2O/c1-4-16-12-9-13-5-6-14(10-12)17(13)15(3)7-8-18-11(15)2/h11-14,16H,4-10H2,1-3H3. The van der Waals surface area contributed by atoms with Crippen LogP contribution in [0, 0.1) is 0 Å². The fourth-order valence-corrected chi connectivity index (χ4v) is 4.63. The smallest absolute Gasteiger partial charge is 0.0729 e. The molecule has 104 valence electrons. The van der Waals surface area contributed by atoms with Crippen molar-refractivity contribution < 1.29 is 4.74 Å². The molecule has 0 saturated carbocycles. The third-order valence-electron chi connectivity index (χ3n) is 5.67. The van der Waals surface area contributed by atoms with Crippen molar-refractivity contribution in [2.75, 3.05) is 13.2 Å². The zero-order valence-electron chi connectivity index (χ0n) is 12.1. The highest BCUT2D eigenvalue weighted by molar-refractivity contribution is 5.07. The lowest BCUT2D eigenvalue weighted by Crippen LogP contribution is -2.60. The van der Waals surface area contributed by atoms with Gasteiger partial charge in [0.25, 0.3) is 0 Å². The molecule has 0 aliphatic carbocycles.